The zero-order valence-electron chi connectivity index (χ0n) is 9.47. The van der Waals surface area contributed by atoms with E-state index >= 15 is 0 Å². The lowest BCUT2D eigenvalue weighted by atomic mass is 9.80. The van der Waals surface area contributed by atoms with Crippen LogP contribution in [0.3, 0.4) is 0 Å². The molecule has 88 valence electrons. The van der Waals surface area contributed by atoms with E-state index in [-0.39, 0.29) is 5.82 Å². The second-order valence-corrected chi connectivity index (χ2v) is 5.46. The van der Waals surface area contributed by atoms with Gasteiger partial charge in [-0.15, -0.1) is 0 Å². The van der Waals surface area contributed by atoms with Crippen LogP contribution in [0.15, 0.2) is 22.7 Å². The minimum absolute atomic E-state index is 0.185. The van der Waals surface area contributed by atoms with E-state index in [0.717, 1.165) is 18.0 Å². The Morgan fingerprint density at radius 2 is 2.25 bits per heavy atom. The maximum Gasteiger partial charge on any atom is 0.137 e. The van der Waals surface area contributed by atoms with Gasteiger partial charge < -0.3 is 5.32 Å². The van der Waals surface area contributed by atoms with Crippen molar-refractivity contribution in [2.75, 3.05) is 0 Å². The third-order valence-corrected chi connectivity index (χ3v) is 4.11. The third kappa shape index (κ3) is 2.83. The summed E-state index contributed by atoms with van der Waals surface area (Å²) in [5.74, 6) is 0.635. The van der Waals surface area contributed by atoms with Gasteiger partial charge in [0.05, 0.1) is 4.47 Å². The molecule has 0 radical (unpaired) electrons. The summed E-state index contributed by atoms with van der Waals surface area (Å²) in [6.07, 6.45) is 4.04. The van der Waals surface area contributed by atoms with Crippen LogP contribution in [0.2, 0.25) is 0 Å². The number of halogens is 2. The van der Waals surface area contributed by atoms with Crippen LogP contribution < -0.4 is 5.32 Å². The highest BCUT2D eigenvalue weighted by molar-refractivity contribution is 9.10. The monoisotopic (exact) mass is 285 g/mol. The normalized spacial score (nSPS) is 18.2. The summed E-state index contributed by atoms with van der Waals surface area (Å²) in [5.41, 5.74) is 1.01. The Balaban J connectivity index is 1.86. The average molecular weight is 286 g/mol. The Labute approximate surface area is 105 Å². The van der Waals surface area contributed by atoms with Crippen molar-refractivity contribution >= 4 is 15.9 Å². The molecule has 1 aliphatic rings. The third-order valence-electron chi connectivity index (χ3n) is 3.47. The molecule has 3 heteroatoms. The molecule has 2 rings (SSSR count). The van der Waals surface area contributed by atoms with Crippen molar-refractivity contribution < 1.29 is 4.39 Å². The average Bonchev–Trinajstić information content (AvgIpc) is 2.17. The first-order valence-electron chi connectivity index (χ1n) is 5.84. The molecule has 0 amide bonds. The molecular weight excluding hydrogens is 269 g/mol. The number of nitrogens with one attached hydrogen (secondary N) is 1. The summed E-state index contributed by atoms with van der Waals surface area (Å²) in [5, 5.41) is 3.47. The molecule has 1 aromatic carbocycles. The van der Waals surface area contributed by atoms with E-state index in [4.69, 9.17) is 0 Å². The van der Waals surface area contributed by atoms with Gasteiger partial charge in [-0.2, -0.15) is 0 Å². The van der Waals surface area contributed by atoms with Gasteiger partial charge in [-0.25, -0.2) is 4.39 Å². The van der Waals surface area contributed by atoms with E-state index < -0.39 is 0 Å². The highest BCUT2D eigenvalue weighted by Crippen LogP contribution is 2.29. The Kier molecular flexibility index (Phi) is 3.98. The number of hydrogen-bond acceptors (Lipinski definition) is 1. The highest BCUT2D eigenvalue weighted by atomic mass is 79.9. The highest BCUT2D eigenvalue weighted by Gasteiger charge is 2.23. The topological polar surface area (TPSA) is 12.0 Å². The van der Waals surface area contributed by atoms with E-state index in [0.29, 0.717) is 10.5 Å². The first kappa shape index (κ1) is 12.1. The minimum atomic E-state index is -0.185. The van der Waals surface area contributed by atoms with Crippen molar-refractivity contribution in [1.82, 2.24) is 5.32 Å². The standard InChI is InChI=1S/C13H17BrFN/c1-9(11-3-2-4-11)16-8-10-5-6-12(14)13(15)7-10/h5-7,9,11,16H,2-4,8H2,1H3. The Hall–Kier alpha value is -0.410. The van der Waals surface area contributed by atoms with E-state index in [1.54, 1.807) is 12.1 Å². The van der Waals surface area contributed by atoms with Crippen LogP contribution in [0, 0.1) is 11.7 Å². The summed E-state index contributed by atoms with van der Waals surface area (Å²) in [4.78, 5) is 0. The molecule has 1 aromatic rings. The number of benzene rings is 1. The van der Waals surface area contributed by atoms with Gasteiger partial charge in [-0.05, 0) is 59.3 Å². The molecule has 1 nitrogen and oxygen atoms in total. The molecule has 1 saturated carbocycles. The Morgan fingerprint density at radius 1 is 1.50 bits per heavy atom. The van der Waals surface area contributed by atoms with Crippen LogP contribution in [0.5, 0.6) is 0 Å². The van der Waals surface area contributed by atoms with Crippen LogP contribution in [-0.2, 0) is 6.54 Å². The maximum absolute atomic E-state index is 13.3. The fourth-order valence-corrected chi connectivity index (χ4v) is 2.28. The van der Waals surface area contributed by atoms with Crippen molar-refractivity contribution in [1.29, 1.82) is 0 Å². The number of rotatable bonds is 4. The quantitative estimate of drug-likeness (QED) is 0.886. The van der Waals surface area contributed by atoms with Gasteiger partial charge >= 0.3 is 0 Å². The molecular formula is C13H17BrFN. The van der Waals surface area contributed by atoms with E-state index in [9.17, 15) is 4.39 Å². The molecule has 16 heavy (non-hydrogen) atoms. The summed E-state index contributed by atoms with van der Waals surface area (Å²) in [6.45, 7) is 2.97. The van der Waals surface area contributed by atoms with E-state index in [2.05, 4.69) is 28.2 Å². The molecule has 1 unspecified atom stereocenters. The van der Waals surface area contributed by atoms with Gasteiger partial charge in [0, 0.05) is 12.6 Å². The first-order valence-corrected chi connectivity index (χ1v) is 6.63. The van der Waals surface area contributed by atoms with Crippen LogP contribution in [-0.4, -0.2) is 6.04 Å². The van der Waals surface area contributed by atoms with Crippen LogP contribution in [0.25, 0.3) is 0 Å². The fraction of sp³-hybridized carbons (Fsp3) is 0.538. The van der Waals surface area contributed by atoms with Gasteiger partial charge in [-0.1, -0.05) is 12.5 Å². The Morgan fingerprint density at radius 3 is 2.81 bits per heavy atom. The number of hydrogen-bond donors (Lipinski definition) is 1. The first-order chi connectivity index (χ1) is 7.66. The maximum atomic E-state index is 13.3. The van der Waals surface area contributed by atoms with E-state index in [1.807, 2.05) is 6.07 Å². The molecule has 1 fully saturated rings. The van der Waals surface area contributed by atoms with Crippen molar-refractivity contribution in [3.63, 3.8) is 0 Å². The SMILES string of the molecule is CC(NCc1ccc(Br)c(F)c1)C1CCC1. The zero-order chi connectivity index (χ0) is 11.5. The smallest absolute Gasteiger partial charge is 0.137 e. The molecule has 0 bridgehead atoms. The van der Waals surface area contributed by atoms with Crippen LogP contribution in [0.1, 0.15) is 31.7 Å². The van der Waals surface area contributed by atoms with E-state index in [1.165, 1.54) is 19.3 Å². The second kappa shape index (κ2) is 5.28. The molecule has 0 aliphatic heterocycles. The van der Waals surface area contributed by atoms with Crippen LogP contribution >= 0.6 is 15.9 Å². The minimum Gasteiger partial charge on any atom is -0.310 e. The largest absolute Gasteiger partial charge is 0.310 e. The summed E-state index contributed by atoms with van der Waals surface area (Å²) < 4.78 is 13.8. The van der Waals surface area contributed by atoms with Gasteiger partial charge in [0.15, 0.2) is 0 Å². The zero-order valence-corrected chi connectivity index (χ0v) is 11.1. The van der Waals surface area contributed by atoms with Crippen LogP contribution in [0.4, 0.5) is 4.39 Å². The lowest BCUT2D eigenvalue weighted by Gasteiger charge is -2.32. The molecule has 0 spiro atoms. The lowest BCUT2D eigenvalue weighted by molar-refractivity contribution is 0.240. The Bertz CT molecular complexity index is 363. The molecule has 1 atom stereocenters. The summed E-state index contributed by atoms with van der Waals surface area (Å²) in [6, 6.07) is 5.85. The second-order valence-electron chi connectivity index (χ2n) is 4.61. The van der Waals surface area contributed by atoms with Gasteiger partial charge in [0.2, 0.25) is 0 Å². The van der Waals surface area contributed by atoms with Gasteiger partial charge in [-0.3, -0.25) is 0 Å². The van der Waals surface area contributed by atoms with Gasteiger partial charge in [0.25, 0.3) is 0 Å². The molecule has 0 heterocycles. The summed E-state index contributed by atoms with van der Waals surface area (Å²) in [7, 11) is 0. The summed E-state index contributed by atoms with van der Waals surface area (Å²) >= 11 is 3.16. The van der Waals surface area contributed by atoms with Crippen molar-refractivity contribution in [2.45, 2.75) is 38.8 Å². The molecule has 1 N–H and O–H groups in total. The van der Waals surface area contributed by atoms with Crippen molar-refractivity contribution in [3.8, 4) is 0 Å². The van der Waals surface area contributed by atoms with Gasteiger partial charge in [0.1, 0.15) is 5.82 Å². The molecule has 0 aromatic heterocycles. The molecule has 0 saturated heterocycles. The predicted octanol–water partition coefficient (Wildman–Crippen LogP) is 3.87. The predicted molar refractivity (Wildman–Crippen MR) is 67.7 cm³/mol. The fourth-order valence-electron chi connectivity index (χ4n) is 2.03. The van der Waals surface area contributed by atoms with Crippen molar-refractivity contribution in [2.24, 2.45) is 5.92 Å². The lowest BCUT2D eigenvalue weighted by Crippen LogP contribution is -2.36. The molecule has 1 aliphatic carbocycles. The van der Waals surface area contributed by atoms with Crippen molar-refractivity contribution in [3.05, 3.63) is 34.1 Å².